The molecule has 1 N–H and O–H groups in total. The first-order valence-corrected chi connectivity index (χ1v) is 9.02. The van der Waals surface area contributed by atoms with Crippen molar-refractivity contribution >= 4 is 0 Å². The zero-order valence-electron chi connectivity index (χ0n) is 14.8. The van der Waals surface area contributed by atoms with Gasteiger partial charge in [0.05, 0.1) is 11.9 Å². The quantitative estimate of drug-likeness (QED) is 0.769. The second-order valence-electron chi connectivity index (χ2n) is 6.78. The summed E-state index contributed by atoms with van der Waals surface area (Å²) >= 11 is 0. The third-order valence-electron chi connectivity index (χ3n) is 4.84. The molecule has 3 heterocycles. The Morgan fingerprint density at radius 3 is 2.96 bits per heavy atom. The lowest BCUT2D eigenvalue weighted by molar-refractivity contribution is 0.196. The van der Waals surface area contributed by atoms with E-state index >= 15 is 0 Å². The summed E-state index contributed by atoms with van der Waals surface area (Å²) in [5.41, 5.74) is 1.78. The predicted molar refractivity (Wildman–Crippen MR) is 99.5 cm³/mol. The minimum absolute atomic E-state index is 0.128. The molecule has 6 nitrogen and oxygen atoms in total. The highest BCUT2D eigenvalue weighted by Crippen LogP contribution is 2.27. The summed E-state index contributed by atoms with van der Waals surface area (Å²) in [6.07, 6.45) is 6.65. The SMILES string of the molecule is O=c1cc(C2CCCN(Cc3ccccc3F)C2)nc(-c2cnccn2)[nH]1. The van der Waals surface area contributed by atoms with Crippen LogP contribution in [0.5, 0.6) is 0 Å². The van der Waals surface area contributed by atoms with Gasteiger partial charge in [-0.1, -0.05) is 18.2 Å². The molecule has 1 saturated heterocycles. The summed E-state index contributed by atoms with van der Waals surface area (Å²) in [6, 6.07) is 8.41. The Balaban J connectivity index is 1.55. The number of hydrogen-bond acceptors (Lipinski definition) is 5. The topological polar surface area (TPSA) is 74.8 Å². The summed E-state index contributed by atoms with van der Waals surface area (Å²) in [7, 11) is 0. The van der Waals surface area contributed by atoms with Crippen molar-refractivity contribution in [3.05, 3.63) is 76.4 Å². The molecule has 1 unspecified atom stereocenters. The number of benzene rings is 1. The van der Waals surface area contributed by atoms with E-state index < -0.39 is 0 Å². The number of aromatic nitrogens is 4. The first-order valence-electron chi connectivity index (χ1n) is 9.02. The molecule has 1 aliphatic rings. The van der Waals surface area contributed by atoms with Crippen molar-refractivity contribution in [2.75, 3.05) is 13.1 Å². The van der Waals surface area contributed by atoms with Crippen LogP contribution in [0.25, 0.3) is 11.5 Å². The Kier molecular flexibility index (Phi) is 5.02. The van der Waals surface area contributed by atoms with Gasteiger partial charge in [-0.05, 0) is 25.5 Å². The second kappa shape index (κ2) is 7.75. The van der Waals surface area contributed by atoms with Gasteiger partial charge in [0.25, 0.3) is 5.56 Å². The summed E-state index contributed by atoms with van der Waals surface area (Å²) < 4.78 is 14.0. The highest BCUT2D eigenvalue weighted by Gasteiger charge is 2.24. The molecule has 7 heteroatoms. The van der Waals surface area contributed by atoms with E-state index in [4.69, 9.17) is 0 Å². The number of likely N-dealkylation sites (tertiary alicyclic amines) is 1. The maximum Gasteiger partial charge on any atom is 0.251 e. The molecule has 0 aliphatic carbocycles. The van der Waals surface area contributed by atoms with E-state index in [0.29, 0.717) is 23.6 Å². The standard InChI is InChI=1S/C20H20FN5O/c21-16-6-2-1-4-14(16)12-26-9-3-5-15(13-26)17-10-19(27)25-20(24-17)18-11-22-7-8-23-18/h1-2,4,6-8,10-11,15H,3,5,9,12-13H2,(H,24,25,27). The van der Waals surface area contributed by atoms with Gasteiger partial charge in [-0.3, -0.25) is 14.7 Å². The summed E-state index contributed by atoms with van der Waals surface area (Å²) in [5.74, 6) is 0.374. The van der Waals surface area contributed by atoms with Crippen molar-refractivity contribution in [3.8, 4) is 11.5 Å². The Hall–Kier alpha value is -2.93. The van der Waals surface area contributed by atoms with E-state index in [1.54, 1.807) is 30.7 Å². The largest absolute Gasteiger partial charge is 0.305 e. The van der Waals surface area contributed by atoms with Crippen molar-refractivity contribution in [3.63, 3.8) is 0 Å². The van der Waals surface area contributed by atoms with Crippen molar-refractivity contribution < 1.29 is 4.39 Å². The van der Waals surface area contributed by atoms with Crippen LogP contribution in [0.2, 0.25) is 0 Å². The number of H-pyrrole nitrogens is 1. The average Bonchev–Trinajstić information content (AvgIpc) is 2.70. The fraction of sp³-hybridized carbons (Fsp3) is 0.300. The van der Waals surface area contributed by atoms with Gasteiger partial charge in [-0.25, -0.2) is 14.4 Å². The molecule has 2 aromatic heterocycles. The molecule has 0 amide bonds. The lowest BCUT2D eigenvalue weighted by Crippen LogP contribution is -2.35. The van der Waals surface area contributed by atoms with Gasteiger partial charge in [0, 0.05) is 43.0 Å². The van der Waals surface area contributed by atoms with E-state index in [1.165, 1.54) is 6.07 Å². The lowest BCUT2D eigenvalue weighted by Gasteiger charge is -2.32. The van der Waals surface area contributed by atoms with Crippen molar-refractivity contribution in [1.29, 1.82) is 0 Å². The number of aromatic amines is 1. The Morgan fingerprint density at radius 2 is 2.15 bits per heavy atom. The van der Waals surface area contributed by atoms with Gasteiger partial charge in [0.1, 0.15) is 11.5 Å². The van der Waals surface area contributed by atoms with Crippen LogP contribution in [0.15, 0.2) is 53.7 Å². The van der Waals surface area contributed by atoms with Crippen LogP contribution in [0.4, 0.5) is 4.39 Å². The van der Waals surface area contributed by atoms with E-state index in [0.717, 1.165) is 31.6 Å². The average molecular weight is 365 g/mol. The van der Waals surface area contributed by atoms with Crippen LogP contribution in [0.1, 0.15) is 30.0 Å². The number of halogens is 1. The van der Waals surface area contributed by atoms with E-state index in [1.807, 2.05) is 12.1 Å². The first-order chi connectivity index (χ1) is 13.2. The van der Waals surface area contributed by atoms with Crippen LogP contribution in [-0.2, 0) is 6.54 Å². The molecule has 0 saturated carbocycles. The van der Waals surface area contributed by atoms with Gasteiger partial charge in [0.15, 0.2) is 5.82 Å². The Bertz CT molecular complexity index is 975. The van der Waals surface area contributed by atoms with E-state index in [9.17, 15) is 9.18 Å². The van der Waals surface area contributed by atoms with Gasteiger partial charge in [-0.2, -0.15) is 0 Å². The summed E-state index contributed by atoms with van der Waals surface area (Å²) in [4.78, 5) is 30.0. The number of piperidine rings is 1. The van der Waals surface area contributed by atoms with Gasteiger partial charge < -0.3 is 4.98 Å². The molecule has 27 heavy (non-hydrogen) atoms. The smallest absolute Gasteiger partial charge is 0.251 e. The zero-order chi connectivity index (χ0) is 18.6. The van der Waals surface area contributed by atoms with Crippen molar-refractivity contribution in [2.45, 2.75) is 25.3 Å². The predicted octanol–water partition coefficient (Wildman–Crippen LogP) is 2.75. The van der Waals surface area contributed by atoms with Crippen molar-refractivity contribution in [1.82, 2.24) is 24.8 Å². The number of nitrogens with zero attached hydrogens (tertiary/aromatic N) is 4. The molecular weight excluding hydrogens is 345 g/mol. The number of nitrogens with one attached hydrogen (secondary N) is 1. The molecule has 0 spiro atoms. The monoisotopic (exact) mass is 365 g/mol. The summed E-state index contributed by atoms with van der Waals surface area (Å²) in [6.45, 7) is 2.21. The Labute approximate surface area is 156 Å². The summed E-state index contributed by atoms with van der Waals surface area (Å²) in [5, 5.41) is 0. The van der Waals surface area contributed by atoms with E-state index in [2.05, 4.69) is 24.8 Å². The molecule has 1 fully saturated rings. The van der Waals surface area contributed by atoms with Crippen LogP contribution < -0.4 is 5.56 Å². The van der Waals surface area contributed by atoms with E-state index in [-0.39, 0.29) is 17.3 Å². The highest BCUT2D eigenvalue weighted by atomic mass is 19.1. The molecule has 3 aromatic rings. The number of rotatable bonds is 4. The van der Waals surface area contributed by atoms with Gasteiger partial charge >= 0.3 is 0 Å². The highest BCUT2D eigenvalue weighted by molar-refractivity contribution is 5.46. The molecular formula is C20H20FN5O. The fourth-order valence-corrected chi connectivity index (χ4v) is 3.54. The third-order valence-corrected chi connectivity index (χ3v) is 4.84. The first kappa shape index (κ1) is 17.5. The molecule has 0 radical (unpaired) electrons. The maximum atomic E-state index is 14.0. The fourth-order valence-electron chi connectivity index (χ4n) is 3.54. The van der Waals surface area contributed by atoms with Gasteiger partial charge in [0.2, 0.25) is 0 Å². The maximum absolute atomic E-state index is 14.0. The minimum atomic E-state index is -0.202. The molecule has 4 rings (SSSR count). The molecule has 1 atom stereocenters. The second-order valence-corrected chi connectivity index (χ2v) is 6.78. The van der Waals surface area contributed by atoms with Crippen LogP contribution in [0.3, 0.4) is 0 Å². The lowest BCUT2D eigenvalue weighted by atomic mass is 9.94. The Morgan fingerprint density at radius 1 is 1.26 bits per heavy atom. The van der Waals surface area contributed by atoms with Crippen LogP contribution in [-0.4, -0.2) is 37.9 Å². The third kappa shape index (κ3) is 4.09. The van der Waals surface area contributed by atoms with Gasteiger partial charge in [-0.15, -0.1) is 0 Å². The van der Waals surface area contributed by atoms with Crippen molar-refractivity contribution in [2.24, 2.45) is 0 Å². The molecule has 138 valence electrons. The molecule has 0 bridgehead atoms. The van der Waals surface area contributed by atoms with Crippen LogP contribution >= 0.6 is 0 Å². The molecule has 1 aliphatic heterocycles. The zero-order valence-corrected chi connectivity index (χ0v) is 14.8. The van der Waals surface area contributed by atoms with Crippen LogP contribution in [0, 0.1) is 5.82 Å². The minimum Gasteiger partial charge on any atom is -0.305 e. The number of hydrogen-bond donors (Lipinski definition) is 1. The molecule has 1 aromatic carbocycles. The normalized spacial score (nSPS) is 17.7.